The fourth-order valence-electron chi connectivity index (χ4n) is 5.21. The first-order chi connectivity index (χ1) is 19.6. The normalized spacial score (nSPS) is 44.3. The van der Waals surface area contributed by atoms with E-state index < -0.39 is 129 Å². The van der Waals surface area contributed by atoms with Crippen molar-refractivity contribution in [2.45, 2.75) is 112 Å². The summed E-state index contributed by atoms with van der Waals surface area (Å²) in [5.41, 5.74) is 0. The molecule has 0 aromatic carbocycles. The lowest BCUT2D eigenvalue weighted by Crippen LogP contribution is -2.66. The van der Waals surface area contributed by atoms with Gasteiger partial charge in [-0.2, -0.15) is 0 Å². The third kappa shape index (κ3) is 7.53. The number of hydrogen-bond acceptors (Lipinski definition) is 16. The highest BCUT2D eigenvalue weighted by Crippen LogP contribution is 2.37. The monoisotopic (exact) mass is 615 g/mol. The van der Waals surface area contributed by atoms with E-state index in [2.05, 4.69) is 5.32 Å². The predicted octanol–water partition coefficient (Wildman–Crippen LogP) is -5.92. The van der Waals surface area contributed by atoms with Crippen LogP contribution in [-0.4, -0.2) is 168 Å². The average molecular weight is 616 g/mol. The summed E-state index contributed by atoms with van der Waals surface area (Å²) >= 11 is 0. The molecule has 244 valence electrons. The van der Waals surface area contributed by atoms with Crippen molar-refractivity contribution in [2.24, 2.45) is 5.92 Å². The summed E-state index contributed by atoms with van der Waals surface area (Å²) in [5, 5.41) is 104. The van der Waals surface area contributed by atoms with Gasteiger partial charge in [-0.25, -0.2) is 4.79 Å². The zero-order chi connectivity index (χ0) is 31.5. The van der Waals surface area contributed by atoms with Crippen LogP contribution in [-0.2, 0) is 33.3 Å². The molecule has 42 heavy (non-hydrogen) atoms. The van der Waals surface area contributed by atoms with Gasteiger partial charge in [-0.1, -0.05) is 6.92 Å². The lowest BCUT2D eigenvalue weighted by molar-refractivity contribution is -0.347. The number of rotatable bonds is 11. The molecule has 3 heterocycles. The SMILES string of the molecule is CC(=O)NC1[C@H](O)OC(CO)[C@@H](O[C@@H]2OC(CO[C@]3(C(=O)O)C[C@@H](O)[C@@H](C)C([C@H](O)[C@H](O)CO)O3)C[C@H](O)C2O)[C@@H]1O. The summed E-state index contributed by atoms with van der Waals surface area (Å²) in [6, 6.07) is -1.39. The summed E-state index contributed by atoms with van der Waals surface area (Å²) in [5.74, 6) is -5.74. The maximum Gasteiger partial charge on any atom is 0.364 e. The van der Waals surface area contributed by atoms with Crippen LogP contribution in [0, 0.1) is 5.92 Å². The van der Waals surface area contributed by atoms with E-state index in [0.717, 1.165) is 6.92 Å². The Bertz CT molecular complexity index is 912. The van der Waals surface area contributed by atoms with Crippen molar-refractivity contribution in [1.29, 1.82) is 0 Å². The quantitative estimate of drug-likeness (QED) is 0.103. The second kappa shape index (κ2) is 14.4. The summed E-state index contributed by atoms with van der Waals surface area (Å²) in [6.45, 7) is 0.310. The van der Waals surface area contributed by atoms with Gasteiger partial charge in [0, 0.05) is 25.7 Å². The molecule has 1 amide bonds. The zero-order valence-corrected chi connectivity index (χ0v) is 22.9. The molecule has 5 unspecified atom stereocenters. The van der Waals surface area contributed by atoms with Crippen LogP contribution in [0.25, 0.3) is 0 Å². The van der Waals surface area contributed by atoms with Crippen molar-refractivity contribution in [3.63, 3.8) is 0 Å². The van der Waals surface area contributed by atoms with Crippen LogP contribution in [0.3, 0.4) is 0 Å². The molecular formula is C24H41NO17. The lowest BCUT2D eigenvalue weighted by atomic mass is 9.84. The van der Waals surface area contributed by atoms with E-state index in [0.29, 0.717) is 0 Å². The van der Waals surface area contributed by atoms with E-state index in [-0.39, 0.29) is 6.42 Å². The van der Waals surface area contributed by atoms with Crippen molar-refractivity contribution < 1.29 is 84.3 Å². The number of carboxylic acids is 1. The van der Waals surface area contributed by atoms with Crippen LogP contribution in [0.5, 0.6) is 0 Å². The maximum atomic E-state index is 12.3. The van der Waals surface area contributed by atoms with Crippen LogP contribution in [0.4, 0.5) is 0 Å². The fraction of sp³-hybridized carbons (Fsp3) is 0.917. The molecule has 18 heteroatoms. The molecule has 3 fully saturated rings. The highest BCUT2D eigenvalue weighted by molar-refractivity contribution is 5.76. The van der Waals surface area contributed by atoms with Gasteiger partial charge in [0.1, 0.15) is 42.7 Å². The first kappa shape index (κ1) is 34.9. The van der Waals surface area contributed by atoms with Gasteiger partial charge in [0.2, 0.25) is 5.91 Å². The summed E-state index contributed by atoms with van der Waals surface area (Å²) in [7, 11) is 0. The number of aliphatic hydroxyl groups excluding tert-OH is 9. The molecule has 0 bridgehead atoms. The van der Waals surface area contributed by atoms with Gasteiger partial charge in [-0.3, -0.25) is 4.79 Å². The molecule has 18 nitrogen and oxygen atoms in total. The van der Waals surface area contributed by atoms with E-state index in [4.69, 9.17) is 23.7 Å². The molecule has 15 atom stereocenters. The van der Waals surface area contributed by atoms with Crippen LogP contribution in [0.2, 0.25) is 0 Å². The Balaban J connectivity index is 1.75. The summed E-state index contributed by atoms with van der Waals surface area (Å²) < 4.78 is 27.6. The number of amides is 1. The van der Waals surface area contributed by atoms with Crippen molar-refractivity contribution in [3.8, 4) is 0 Å². The van der Waals surface area contributed by atoms with Gasteiger partial charge < -0.3 is 80.1 Å². The largest absolute Gasteiger partial charge is 0.477 e. The van der Waals surface area contributed by atoms with Crippen LogP contribution < -0.4 is 5.32 Å². The maximum absolute atomic E-state index is 12.3. The van der Waals surface area contributed by atoms with Crippen LogP contribution in [0.1, 0.15) is 26.7 Å². The molecule has 0 radical (unpaired) electrons. The van der Waals surface area contributed by atoms with Gasteiger partial charge >= 0.3 is 5.97 Å². The third-order valence-electron chi connectivity index (χ3n) is 7.71. The molecule has 0 aromatic rings. The van der Waals surface area contributed by atoms with Gasteiger partial charge in [0.15, 0.2) is 12.6 Å². The van der Waals surface area contributed by atoms with E-state index in [9.17, 15) is 60.7 Å². The molecule has 0 aliphatic carbocycles. The number of hydrogen-bond donors (Lipinski definition) is 11. The highest BCUT2D eigenvalue weighted by atomic mass is 16.7. The van der Waals surface area contributed by atoms with Gasteiger partial charge in [0.25, 0.3) is 5.79 Å². The minimum atomic E-state index is -2.55. The first-order valence-corrected chi connectivity index (χ1v) is 13.4. The Hall–Kier alpha value is -1.62. The van der Waals surface area contributed by atoms with Crippen molar-refractivity contribution >= 4 is 11.9 Å². The Morgan fingerprint density at radius 3 is 2.29 bits per heavy atom. The Morgan fingerprint density at radius 2 is 1.71 bits per heavy atom. The topological polar surface area (TPSA) is 295 Å². The smallest absolute Gasteiger partial charge is 0.364 e. The molecule has 3 rings (SSSR count). The summed E-state index contributed by atoms with van der Waals surface area (Å²) in [4.78, 5) is 23.8. The Morgan fingerprint density at radius 1 is 1.05 bits per heavy atom. The van der Waals surface area contributed by atoms with Crippen molar-refractivity contribution in [1.82, 2.24) is 5.32 Å². The first-order valence-electron chi connectivity index (χ1n) is 13.4. The average Bonchev–Trinajstić information content (AvgIpc) is 2.94. The van der Waals surface area contributed by atoms with Gasteiger partial charge in [-0.15, -0.1) is 0 Å². The number of aliphatic hydroxyl groups is 9. The second-order valence-electron chi connectivity index (χ2n) is 10.8. The van der Waals surface area contributed by atoms with E-state index in [1.807, 2.05) is 0 Å². The van der Waals surface area contributed by atoms with Gasteiger partial charge in [-0.05, 0) is 0 Å². The van der Waals surface area contributed by atoms with Crippen LogP contribution >= 0.6 is 0 Å². The number of carboxylic acid groups (broad SMARTS) is 1. The van der Waals surface area contributed by atoms with E-state index in [1.54, 1.807) is 0 Å². The molecule has 3 aliphatic heterocycles. The zero-order valence-electron chi connectivity index (χ0n) is 22.9. The molecule has 3 saturated heterocycles. The van der Waals surface area contributed by atoms with Crippen LogP contribution in [0.15, 0.2) is 0 Å². The predicted molar refractivity (Wildman–Crippen MR) is 132 cm³/mol. The molecule has 0 spiro atoms. The fourth-order valence-corrected chi connectivity index (χ4v) is 5.21. The molecule has 0 saturated carbocycles. The van der Waals surface area contributed by atoms with Crippen molar-refractivity contribution in [3.05, 3.63) is 0 Å². The number of ether oxygens (including phenoxy) is 5. The third-order valence-corrected chi connectivity index (χ3v) is 7.71. The van der Waals surface area contributed by atoms with E-state index >= 15 is 0 Å². The number of carbonyl (C=O) groups is 2. The lowest BCUT2D eigenvalue weighted by Gasteiger charge is -2.47. The molecular weight excluding hydrogens is 574 g/mol. The Labute approximate surface area is 239 Å². The molecule has 11 N–H and O–H groups in total. The number of carbonyl (C=O) groups excluding carboxylic acids is 1. The van der Waals surface area contributed by atoms with Crippen molar-refractivity contribution in [2.75, 3.05) is 19.8 Å². The highest BCUT2D eigenvalue weighted by Gasteiger charge is 2.55. The molecule has 0 aromatic heterocycles. The standard InChI is InChI=1S/C24H41NO17/c1-8-12(30)4-24(23(36)37,42-19(8)16(32)13(31)5-26)38-7-10-3-11(29)17(33)22(39-10)41-20-14(6-27)40-21(35)15(18(20)34)25-9(2)28/h8,10-22,26-27,29-35H,3-7H2,1-2H3,(H,25,28)(H,36,37)/t8-,10?,11+,12-,13-,14?,15?,16-,17?,18-,19?,20-,21-,22+,24-/m1/s1. The van der Waals surface area contributed by atoms with E-state index in [1.165, 1.54) is 6.92 Å². The van der Waals surface area contributed by atoms with Gasteiger partial charge in [0.05, 0.1) is 44.2 Å². The Kier molecular flexibility index (Phi) is 12.0. The number of aliphatic carboxylic acids is 1. The second-order valence-corrected chi connectivity index (χ2v) is 10.8. The minimum absolute atomic E-state index is 0.300. The number of nitrogens with one attached hydrogen (secondary N) is 1. The minimum Gasteiger partial charge on any atom is -0.477 e. The summed E-state index contributed by atoms with van der Waals surface area (Å²) in [6.07, 6.45) is -19.6. The molecule has 3 aliphatic rings.